The number of carbonyl (C=O) groups excluding carboxylic acids is 2. The second kappa shape index (κ2) is 8.40. The summed E-state index contributed by atoms with van der Waals surface area (Å²) in [7, 11) is 1.60. The molecule has 0 radical (unpaired) electrons. The first-order chi connectivity index (χ1) is 12.6. The van der Waals surface area contributed by atoms with Gasteiger partial charge in [0.15, 0.2) is 0 Å². The number of methoxy groups -OCH3 is 1. The Morgan fingerprint density at radius 2 is 2.00 bits per heavy atom. The molecular formula is C19H27N3O4. The van der Waals surface area contributed by atoms with Crippen LogP contribution >= 0.6 is 0 Å². The average molecular weight is 361 g/mol. The lowest BCUT2D eigenvalue weighted by atomic mass is 10.0. The van der Waals surface area contributed by atoms with Gasteiger partial charge in [0.1, 0.15) is 5.75 Å². The van der Waals surface area contributed by atoms with Crippen molar-refractivity contribution in [1.29, 1.82) is 0 Å². The highest BCUT2D eigenvalue weighted by Gasteiger charge is 2.36. The molecule has 1 atom stereocenters. The third kappa shape index (κ3) is 4.27. The van der Waals surface area contributed by atoms with Gasteiger partial charge in [0, 0.05) is 51.0 Å². The zero-order valence-corrected chi connectivity index (χ0v) is 15.4. The Balaban J connectivity index is 1.75. The molecular weight excluding hydrogens is 334 g/mol. The molecule has 2 fully saturated rings. The number of anilines is 1. The Morgan fingerprint density at radius 1 is 1.23 bits per heavy atom. The van der Waals surface area contributed by atoms with Crippen molar-refractivity contribution < 1.29 is 19.1 Å². The van der Waals surface area contributed by atoms with E-state index in [1.807, 2.05) is 28.0 Å². The summed E-state index contributed by atoms with van der Waals surface area (Å²) in [4.78, 5) is 28.6. The zero-order valence-electron chi connectivity index (χ0n) is 15.4. The first-order valence-electron chi connectivity index (χ1n) is 9.15. The van der Waals surface area contributed by atoms with Crippen LogP contribution in [0, 0.1) is 0 Å². The Labute approximate surface area is 154 Å². The van der Waals surface area contributed by atoms with Gasteiger partial charge in [-0.2, -0.15) is 0 Å². The number of carbonyl (C=O) groups is 2. The molecule has 7 heteroatoms. The molecule has 3 rings (SSSR count). The van der Waals surface area contributed by atoms with E-state index in [1.165, 1.54) is 0 Å². The molecule has 2 heterocycles. The van der Waals surface area contributed by atoms with Crippen LogP contribution in [0.5, 0.6) is 5.75 Å². The number of urea groups is 1. The molecule has 26 heavy (non-hydrogen) atoms. The lowest BCUT2D eigenvalue weighted by Gasteiger charge is -2.38. The van der Waals surface area contributed by atoms with E-state index in [4.69, 9.17) is 9.47 Å². The minimum atomic E-state index is -0.124. The Kier molecular flexibility index (Phi) is 5.98. The minimum Gasteiger partial charge on any atom is -0.497 e. The van der Waals surface area contributed by atoms with E-state index in [0.29, 0.717) is 37.7 Å². The predicted molar refractivity (Wildman–Crippen MR) is 98.4 cm³/mol. The molecule has 2 saturated heterocycles. The molecule has 7 nitrogen and oxygen atoms in total. The van der Waals surface area contributed by atoms with Gasteiger partial charge in [-0.25, -0.2) is 4.79 Å². The molecule has 1 aromatic carbocycles. The highest BCUT2D eigenvalue weighted by Crippen LogP contribution is 2.25. The normalized spacial score (nSPS) is 20.7. The maximum absolute atomic E-state index is 13.1. The molecule has 1 unspecified atom stereocenters. The summed E-state index contributed by atoms with van der Waals surface area (Å²) in [5.74, 6) is 0.761. The fourth-order valence-electron chi connectivity index (χ4n) is 3.74. The van der Waals surface area contributed by atoms with Crippen LogP contribution in [-0.2, 0) is 9.53 Å². The first kappa shape index (κ1) is 18.5. The second-order valence-corrected chi connectivity index (χ2v) is 6.82. The Morgan fingerprint density at radius 3 is 2.65 bits per heavy atom. The fourth-order valence-corrected chi connectivity index (χ4v) is 3.74. The number of hydrogen-bond acceptors (Lipinski definition) is 4. The molecule has 0 aliphatic carbocycles. The van der Waals surface area contributed by atoms with Gasteiger partial charge in [-0.3, -0.25) is 4.79 Å². The summed E-state index contributed by atoms with van der Waals surface area (Å²) in [5.41, 5.74) is 0.702. The fraction of sp³-hybridized carbons (Fsp3) is 0.579. The van der Waals surface area contributed by atoms with Gasteiger partial charge in [-0.15, -0.1) is 0 Å². The standard InChI is InChI=1S/C19H27N3O4/c1-14(23)21-9-6-17(13-21)22(16-7-10-26-11-8-16)19(24)20-15-4-3-5-18(12-15)25-2/h3-5,12,16-17H,6-11,13H2,1-2H3,(H,20,24). The van der Waals surface area contributed by atoms with Crippen molar-refractivity contribution in [3.63, 3.8) is 0 Å². The molecule has 0 bridgehead atoms. The average Bonchev–Trinajstić information content (AvgIpc) is 3.13. The third-order valence-electron chi connectivity index (χ3n) is 5.14. The number of nitrogens with one attached hydrogen (secondary N) is 1. The van der Waals surface area contributed by atoms with E-state index in [2.05, 4.69) is 5.32 Å². The van der Waals surface area contributed by atoms with E-state index >= 15 is 0 Å². The number of nitrogens with zero attached hydrogens (tertiary/aromatic N) is 2. The SMILES string of the molecule is COc1cccc(NC(=O)N(C2CCOCC2)C2CCN(C(C)=O)C2)c1. The van der Waals surface area contributed by atoms with Gasteiger partial charge in [0.05, 0.1) is 13.2 Å². The topological polar surface area (TPSA) is 71.1 Å². The van der Waals surface area contributed by atoms with Crippen LogP contribution in [0.15, 0.2) is 24.3 Å². The molecule has 2 aliphatic heterocycles. The summed E-state index contributed by atoms with van der Waals surface area (Å²) < 4.78 is 10.7. The Hall–Kier alpha value is -2.28. The highest BCUT2D eigenvalue weighted by molar-refractivity contribution is 5.90. The van der Waals surface area contributed by atoms with Crippen molar-refractivity contribution in [3.8, 4) is 5.75 Å². The number of hydrogen-bond donors (Lipinski definition) is 1. The van der Waals surface area contributed by atoms with E-state index < -0.39 is 0 Å². The van der Waals surface area contributed by atoms with Gasteiger partial charge >= 0.3 is 6.03 Å². The third-order valence-corrected chi connectivity index (χ3v) is 5.14. The van der Waals surface area contributed by atoms with Crippen LogP contribution in [0.25, 0.3) is 0 Å². The van der Waals surface area contributed by atoms with Crippen molar-refractivity contribution in [2.24, 2.45) is 0 Å². The largest absolute Gasteiger partial charge is 0.497 e. The molecule has 0 saturated carbocycles. The highest BCUT2D eigenvalue weighted by atomic mass is 16.5. The summed E-state index contributed by atoms with van der Waals surface area (Å²) in [5, 5.41) is 3.00. The maximum atomic E-state index is 13.1. The number of benzene rings is 1. The molecule has 3 amide bonds. The van der Waals surface area contributed by atoms with Crippen molar-refractivity contribution in [2.75, 3.05) is 38.7 Å². The van der Waals surface area contributed by atoms with Crippen molar-refractivity contribution in [1.82, 2.24) is 9.80 Å². The predicted octanol–water partition coefficient (Wildman–Crippen LogP) is 2.33. The van der Waals surface area contributed by atoms with Crippen LogP contribution in [0.1, 0.15) is 26.2 Å². The first-order valence-corrected chi connectivity index (χ1v) is 9.15. The summed E-state index contributed by atoms with van der Waals surface area (Å²) in [6.45, 7) is 4.20. The number of rotatable bonds is 4. The molecule has 0 spiro atoms. The van der Waals surface area contributed by atoms with Crippen LogP contribution in [0.2, 0.25) is 0 Å². The molecule has 1 N–H and O–H groups in total. The van der Waals surface area contributed by atoms with Crippen molar-refractivity contribution >= 4 is 17.6 Å². The van der Waals surface area contributed by atoms with Crippen LogP contribution in [0.4, 0.5) is 10.5 Å². The lowest BCUT2D eigenvalue weighted by molar-refractivity contribution is -0.128. The monoisotopic (exact) mass is 361 g/mol. The van der Waals surface area contributed by atoms with Crippen LogP contribution in [-0.4, -0.2) is 67.2 Å². The van der Waals surface area contributed by atoms with Gasteiger partial charge in [-0.05, 0) is 31.4 Å². The molecule has 1 aromatic rings. The smallest absolute Gasteiger partial charge is 0.322 e. The van der Waals surface area contributed by atoms with Gasteiger partial charge in [-0.1, -0.05) is 6.07 Å². The number of amides is 3. The second-order valence-electron chi connectivity index (χ2n) is 6.82. The van der Waals surface area contributed by atoms with Gasteiger partial charge < -0.3 is 24.6 Å². The quantitative estimate of drug-likeness (QED) is 0.893. The molecule has 2 aliphatic rings. The van der Waals surface area contributed by atoms with Crippen LogP contribution < -0.4 is 10.1 Å². The number of ether oxygens (including phenoxy) is 2. The van der Waals surface area contributed by atoms with Crippen LogP contribution in [0.3, 0.4) is 0 Å². The van der Waals surface area contributed by atoms with Crippen molar-refractivity contribution in [2.45, 2.75) is 38.3 Å². The van der Waals surface area contributed by atoms with Gasteiger partial charge in [0.2, 0.25) is 5.91 Å². The number of likely N-dealkylation sites (tertiary alicyclic amines) is 1. The van der Waals surface area contributed by atoms with E-state index in [9.17, 15) is 9.59 Å². The lowest BCUT2D eigenvalue weighted by Crippen LogP contribution is -2.52. The zero-order chi connectivity index (χ0) is 18.5. The summed E-state index contributed by atoms with van der Waals surface area (Å²) in [6.07, 6.45) is 2.45. The van der Waals surface area contributed by atoms with Crippen molar-refractivity contribution in [3.05, 3.63) is 24.3 Å². The summed E-state index contributed by atoms with van der Waals surface area (Å²) >= 11 is 0. The van der Waals surface area contributed by atoms with Gasteiger partial charge in [0.25, 0.3) is 0 Å². The van der Waals surface area contributed by atoms with E-state index in [1.54, 1.807) is 20.1 Å². The van der Waals surface area contributed by atoms with E-state index in [0.717, 1.165) is 19.3 Å². The maximum Gasteiger partial charge on any atom is 0.322 e. The molecule has 0 aromatic heterocycles. The van der Waals surface area contributed by atoms with E-state index in [-0.39, 0.29) is 24.0 Å². The minimum absolute atomic E-state index is 0.0348. The molecule has 142 valence electrons. The summed E-state index contributed by atoms with van der Waals surface area (Å²) in [6, 6.07) is 7.38. The Bertz CT molecular complexity index is 645.